The van der Waals surface area contributed by atoms with Crippen LogP contribution < -0.4 is 10.9 Å². The van der Waals surface area contributed by atoms with Gasteiger partial charge in [-0.05, 0) is 65.0 Å². The van der Waals surface area contributed by atoms with Crippen LogP contribution in [0.5, 0.6) is 0 Å². The number of benzene rings is 1. The molecule has 1 N–H and O–H groups in total. The van der Waals surface area contributed by atoms with Crippen molar-refractivity contribution in [1.82, 2.24) is 9.80 Å². The zero-order valence-electron chi connectivity index (χ0n) is 17.0. The van der Waals surface area contributed by atoms with Crippen molar-refractivity contribution < 1.29 is 13.9 Å². The Bertz CT molecular complexity index is 895. The summed E-state index contributed by atoms with van der Waals surface area (Å²) in [6, 6.07) is 7.93. The van der Waals surface area contributed by atoms with E-state index in [4.69, 9.17) is 9.15 Å². The summed E-state index contributed by atoms with van der Waals surface area (Å²) in [5.74, 6) is 0. The lowest BCUT2D eigenvalue weighted by Gasteiger charge is -2.39. The number of carbonyl (C=O) groups is 1. The van der Waals surface area contributed by atoms with E-state index in [0.29, 0.717) is 36.5 Å². The van der Waals surface area contributed by atoms with Crippen LogP contribution in [0.3, 0.4) is 0 Å². The fourth-order valence-corrected chi connectivity index (χ4v) is 3.79. The lowest BCUT2D eigenvalue weighted by atomic mass is 9.97. The van der Waals surface area contributed by atoms with Gasteiger partial charge in [-0.25, -0.2) is 9.59 Å². The minimum Gasteiger partial charge on any atom is -0.450 e. The Morgan fingerprint density at radius 1 is 1.39 bits per heavy atom. The van der Waals surface area contributed by atoms with Gasteiger partial charge in [-0.3, -0.25) is 10.2 Å². The van der Waals surface area contributed by atoms with Gasteiger partial charge in [-0.15, -0.1) is 0 Å². The van der Waals surface area contributed by atoms with Crippen molar-refractivity contribution >= 4 is 22.7 Å². The number of nitrogens with zero attached hydrogens (tertiary/aromatic N) is 2. The van der Waals surface area contributed by atoms with E-state index in [1.165, 1.54) is 0 Å². The van der Waals surface area contributed by atoms with Crippen LogP contribution in [-0.4, -0.2) is 55.2 Å². The van der Waals surface area contributed by atoms with Gasteiger partial charge < -0.3 is 14.1 Å². The van der Waals surface area contributed by atoms with E-state index >= 15 is 0 Å². The second kappa shape index (κ2) is 8.75. The SMILES string of the molecule is CCOC(=O)Nc1ccc2c(CN(C)[C@@H]3CCN(C)[C@H](C)C3)cc(=O)oc2c1. The summed E-state index contributed by atoms with van der Waals surface area (Å²) in [6.07, 6.45) is 1.70. The molecule has 1 fully saturated rings. The molecule has 0 aliphatic carbocycles. The lowest BCUT2D eigenvalue weighted by molar-refractivity contribution is 0.101. The average Bonchev–Trinajstić information content (AvgIpc) is 2.63. The third-order valence-electron chi connectivity index (χ3n) is 5.58. The van der Waals surface area contributed by atoms with E-state index in [-0.39, 0.29) is 5.63 Å². The number of nitrogens with one attached hydrogen (secondary N) is 1. The zero-order chi connectivity index (χ0) is 20.3. The van der Waals surface area contributed by atoms with Crippen LogP contribution in [0, 0.1) is 0 Å². The predicted octanol–water partition coefficient (Wildman–Crippen LogP) is 3.28. The van der Waals surface area contributed by atoms with Crippen LogP contribution in [0.4, 0.5) is 10.5 Å². The van der Waals surface area contributed by atoms with Crippen molar-refractivity contribution in [1.29, 1.82) is 0 Å². The van der Waals surface area contributed by atoms with Crippen LogP contribution >= 0.6 is 0 Å². The number of rotatable bonds is 5. The molecule has 1 aliphatic rings. The first-order chi connectivity index (χ1) is 13.4. The highest BCUT2D eigenvalue weighted by atomic mass is 16.5. The molecule has 1 amide bonds. The highest BCUT2D eigenvalue weighted by Gasteiger charge is 2.26. The Hall–Kier alpha value is -2.38. The maximum absolute atomic E-state index is 12.1. The molecule has 0 radical (unpaired) electrons. The summed E-state index contributed by atoms with van der Waals surface area (Å²) in [6.45, 7) is 6.04. The lowest BCUT2D eigenvalue weighted by Crippen LogP contribution is -2.46. The molecular weight excluding hydrogens is 358 g/mol. The van der Waals surface area contributed by atoms with Crippen molar-refractivity contribution in [3.05, 3.63) is 40.2 Å². The second-order valence-electron chi connectivity index (χ2n) is 7.57. The van der Waals surface area contributed by atoms with E-state index in [1.54, 1.807) is 25.1 Å². The predicted molar refractivity (Wildman–Crippen MR) is 110 cm³/mol. The van der Waals surface area contributed by atoms with Crippen LogP contribution in [0.2, 0.25) is 0 Å². The van der Waals surface area contributed by atoms with E-state index in [1.807, 2.05) is 6.07 Å². The Balaban J connectivity index is 1.81. The number of fused-ring (bicyclic) bond motifs is 1. The highest BCUT2D eigenvalue weighted by Crippen LogP contribution is 2.25. The van der Waals surface area contributed by atoms with Crippen LogP contribution in [0.1, 0.15) is 32.3 Å². The molecule has 7 heteroatoms. The number of carbonyl (C=O) groups excluding carboxylic acids is 1. The van der Waals surface area contributed by atoms with E-state index in [9.17, 15) is 9.59 Å². The van der Waals surface area contributed by atoms with Crippen molar-refractivity contribution in [2.45, 2.75) is 45.3 Å². The molecule has 28 heavy (non-hydrogen) atoms. The molecule has 0 saturated carbocycles. The van der Waals surface area contributed by atoms with Crippen LogP contribution in [0.15, 0.2) is 33.5 Å². The molecule has 2 atom stereocenters. The Morgan fingerprint density at radius 3 is 2.89 bits per heavy atom. The highest BCUT2D eigenvalue weighted by molar-refractivity contribution is 5.89. The molecule has 2 aromatic rings. The summed E-state index contributed by atoms with van der Waals surface area (Å²) >= 11 is 0. The molecule has 1 aliphatic heterocycles. The topological polar surface area (TPSA) is 75.0 Å². The van der Waals surface area contributed by atoms with Gasteiger partial charge in [0.05, 0.1) is 6.61 Å². The number of piperidine rings is 1. The number of amides is 1. The largest absolute Gasteiger partial charge is 0.450 e. The number of anilines is 1. The molecule has 3 rings (SSSR count). The van der Waals surface area contributed by atoms with Crippen molar-refractivity contribution in [2.75, 3.05) is 32.6 Å². The maximum Gasteiger partial charge on any atom is 0.411 e. The second-order valence-corrected chi connectivity index (χ2v) is 7.57. The fourth-order valence-electron chi connectivity index (χ4n) is 3.79. The first kappa shape index (κ1) is 20.4. The van der Waals surface area contributed by atoms with Crippen molar-refractivity contribution in [3.8, 4) is 0 Å². The number of hydrogen-bond acceptors (Lipinski definition) is 6. The first-order valence-electron chi connectivity index (χ1n) is 9.78. The van der Waals surface area contributed by atoms with Gasteiger partial charge in [0.25, 0.3) is 0 Å². The maximum atomic E-state index is 12.1. The smallest absolute Gasteiger partial charge is 0.411 e. The molecular formula is C21H29N3O4. The number of ether oxygens (including phenoxy) is 1. The molecule has 0 spiro atoms. The van der Waals surface area contributed by atoms with Gasteiger partial charge in [0.2, 0.25) is 0 Å². The Labute approximate surface area is 165 Å². The Kier molecular flexibility index (Phi) is 6.36. The molecule has 1 saturated heterocycles. The average molecular weight is 387 g/mol. The summed E-state index contributed by atoms with van der Waals surface area (Å²) in [7, 11) is 4.28. The molecule has 0 bridgehead atoms. The monoisotopic (exact) mass is 387 g/mol. The quantitative estimate of drug-likeness (QED) is 0.794. The van der Waals surface area contributed by atoms with Crippen LogP contribution in [-0.2, 0) is 11.3 Å². The Morgan fingerprint density at radius 2 is 2.18 bits per heavy atom. The molecule has 2 heterocycles. The van der Waals surface area contributed by atoms with Crippen molar-refractivity contribution in [2.24, 2.45) is 0 Å². The third-order valence-corrected chi connectivity index (χ3v) is 5.58. The molecule has 1 aromatic carbocycles. The normalized spacial score (nSPS) is 20.5. The summed E-state index contributed by atoms with van der Waals surface area (Å²) in [4.78, 5) is 28.4. The summed E-state index contributed by atoms with van der Waals surface area (Å²) < 4.78 is 10.3. The molecule has 152 valence electrons. The van der Waals surface area contributed by atoms with E-state index in [2.05, 4.69) is 36.1 Å². The van der Waals surface area contributed by atoms with Gasteiger partial charge in [0.15, 0.2) is 0 Å². The summed E-state index contributed by atoms with van der Waals surface area (Å²) in [5, 5.41) is 3.51. The number of hydrogen-bond donors (Lipinski definition) is 1. The van der Waals surface area contributed by atoms with Gasteiger partial charge in [0.1, 0.15) is 5.58 Å². The summed E-state index contributed by atoms with van der Waals surface area (Å²) in [5.41, 5.74) is 1.54. The van der Waals surface area contributed by atoms with E-state index in [0.717, 1.165) is 30.3 Å². The minimum absolute atomic E-state index is 0.292. The fraction of sp³-hybridized carbons (Fsp3) is 0.524. The molecule has 1 aromatic heterocycles. The molecule has 0 unspecified atom stereocenters. The van der Waals surface area contributed by atoms with Crippen molar-refractivity contribution in [3.63, 3.8) is 0 Å². The van der Waals surface area contributed by atoms with Gasteiger partial charge in [-0.2, -0.15) is 0 Å². The van der Waals surface area contributed by atoms with E-state index < -0.39 is 6.09 Å². The van der Waals surface area contributed by atoms with Gasteiger partial charge >= 0.3 is 11.7 Å². The molecule has 7 nitrogen and oxygen atoms in total. The number of likely N-dealkylation sites (tertiary alicyclic amines) is 1. The van der Waals surface area contributed by atoms with Gasteiger partial charge in [-0.1, -0.05) is 0 Å². The first-order valence-corrected chi connectivity index (χ1v) is 9.78. The minimum atomic E-state index is -0.531. The van der Waals surface area contributed by atoms with Crippen LogP contribution in [0.25, 0.3) is 11.0 Å². The third kappa shape index (κ3) is 4.72. The van der Waals surface area contributed by atoms with Gasteiger partial charge in [0, 0.05) is 41.8 Å². The standard InChI is InChI=1S/C21H29N3O4/c1-5-27-21(26)22-16-6-7-18-15(11-20(25)28-19(18)12-16)13-24(4)17-8-9-23(3)14(2)10-17/h6-7,11-12,14,17H,5,8-10,13H2,1-4H3,(H,22,26)/t14-,17-/m1/s1. The zero-order valence-corrected chi connectivity index (χ0v) is 17.0.